The van der Waals surface area contributed by atoms with Crippen molar-refractivity contribution in [3.63, 3.8) is 0 Å². The highest BCUT2D eigenvalue weighted by molar-refractivity contribution is 7.17. The van der Waals surface area contributed by atoms with Gasteiger partial charge in [-0.25, -0.2) is 0 Å². The average Bonchev–Trinajstić information content (AvgIpc) is 3.66. The highest BCUT2D eigenvalue weighted by atomic mass is 32.1. The molecule has 0 bridgehead atoms. The van der Waals surface area contributed by atoms with Crippen LogP contribution in [-0.2, 0) is 9.59 Å². The number of hydrogen-bond donors (Lipinski definition) is 1. The Hall–Kier alpha value is -4.05. The van der Waals surface area contributed by atoms with E-state index in [1.165, 1.54) is 45.7 Å². The lowest BCUT2D eigenvalue weighted by molar-refractivity contribution is -0.605. The molecule has 2 saturated heterocycles. The number of aromatic nitrogens is 1. The predicted octanol–water partition coefficient (Wildman–Crippen LogP) is 2.89. The molecule has 0 radical (unpaired) electrons. The number of carbonyl (C=O) groups is 4. The Balaban J connectivity index is 1.31. The van der Waals surface area contributed by atoms with Crippen LogP contribution in [0.25, 0.3) is 10.4 Å². The smallest absolute Gasteiger partial charge is 0.262 e. The number of benzene rings is 1. The van der Waals surface area contributed by atoms with E-state index >= 15 is 0 Å². The van der Waals surface area contributed by atoms with Crippen LogP contribution in [0.5, 0.6) is 0 Å². The molecule has 3 unspecified atom stereocenters. The first kappa shape index (κ1) is 26.6. The Bertz CT molecular complexity index is 1390. The van der Waals surface area contributed by atoms with Crippen LogP contribution in [0.2, 0.25) is 0 Å². The summed E-state index contributed by atoms with van der Waals surface area (Å²) in [5.74, 6) is -1.05. The van der Waals surface area contributed by atoms with E-state index < -0.39 is 18.1 Å². The molecule has 2 aliphatic heterocycles. The molecule has 0 spiro atoms. The summed E-state index contributed by atoms with van der Waals surface area (Å²) in [7, 11) is 0. The van der Waals surface area contributed by atoms with Gasteiger partial charge in [0.15, 0.2) is 18.2 Å². The van der Waals surface area contributed by atoms with Gasteiger partial charge in [-0.3, -0.25) is 19.2 Å². The molecule has 1 aromatic carbocycles. The normalized spacial score (nSPS) is 19.3. The molecule has 1 N–H and O–H groups in total. The second-order valence-corrected chi connectivity index (χ2v) is 11.4. The van der Waals surface area contributed by atoms with Crippen molar-refractivity contribution in [2.24, 2.45) is 5.92 Å². The maximum absolute atomic E-state index is 13.8. The monoisotopic (exact) mass is 546 g/mol. The SMILES string of the molecule is CC(C)CC(NC(=O)c1ccc(-c2ccccc2)s1)C(=O)N1CCC2C1C(=O)CN2C(=O)c1cc[n+]([O-])cc1. The second-order valence-electron chi connectivity index (χ2n) is 10.4. The number of ketones is 1. The Morgan fingerprint density at radius 2 is 1.77 bits per heavy atom. The molecule has 3 aromatic rings. The topological polar surface area (TPSA) is 114 Å². The first-order chi connectivity index (χ1) is 18.7. The molecule has 10 heteroatoms. The van der Waals surface area contributed by atoms with Crippen molar-refractivity contribution in [3.05, 3.63) is 82.6 Å². The van der Waals surface area contributed by atoms with Crippen LogP contribution in [0.1, 0.15) is 46.7 Å². The molecule has 5 rings (SSSR count). The van der Waals surface area contributed by atoms with Crippen molar-refractivity contribution < 1.29 is 23.9 Å². The lowest BCUT2D eigenvalue weighted by Crippen LogP contribution is -2.52. The Kier molecular flexibility index (Phi) is 7.47. The standard InChI is InChI=1S/C29H30N4O5S/c1-18(2)16-21(30-27(35)25-9-8-24(39-25)19-6-4-3-5-7-19)29(37)32-15-12-22-26(32)23(34)17-33(22)28(36)20-10-13-31(38)14-11-20/h3-11,13-14,18,21-22,26H,12,15-17H2,1-2H3,(H,30,35). The van der Waals surface area contributed by atoms with Crippen LogP contribution >= 0.6 is 11.3 Å². The van der Waals surface area contributed by atoms with Crippen LogP contribution in [0, 0.1) is 11.1 Å². The van der Waals surface area contributed by atoms with E-state index in [0.717, 1.165) is 10.4 Å². The molecule has 39 heavy (non-hydrogen) atoms. The van der Waals surface area contributed by atoms with Gasteiger partial charge in [0, 0.05) is 23.6 Å². The summed E-state index contributed by atoms with van der Waals surface area (Å²) in [5.41, 5.74) is 1.33. The summed E-state index contributed by atoms with van der Waals surface area (Å²) in [6.45, 7) is 4.18. The number of Topliss-reactive ketones (excluding diaryl/α,β-unsaturated/α-hetero) is 1. The second kappa shape index (κ2) is 11.0. The maximum Gasteiger partial charge on any atom is 0.262 e. The highest BCUT2D eigenvalue weighted by Gasteiger charge is 2.52. The van der Waals surface area contributed by atoms with Crippen molar-refractivity contribution in [1.82, 2.24) is 15.1 Å². The first-order valence-electron chi connectivity index (χ1n) is 13.0. The Morgan fingerprint density at radius 3 is 2.46 bits per heavy atom. The van der Waals surface area contributed by atoms with Crippen molar-refractivity contribution in [3.8, 4) is 10.4 Å². The summed E-state index contributed by atoms with van der Waals surface area (Å²) in [6.07, 6.45) is 3.37. The number of carbonyl (C=O) groups excluding carboxylic acids is 4. The number of thiophene rings is 1. The largest absolute Gasteiger partial charge is 0.619 e. The Labute approximate surface area is 230 Å². The predicted molar refractivity (Wildman–Crippen MR) is 146 cm³/mol. The molecule has 0 saturated carbocycles. The summed E-state index contributed by atoms with van der Waals surface area (Å²) < 4.78 is 0.590. The maximum atomic E-state index is 13.8. The van der Waals surface area contributed by atoms with E-state index in [0.29, 0.717) is 34.6 Å². The fraction of sp³-hybridized carbons (Fsp3) is 0.345. The lowest BCUT2D eigenvalue weighted by Gasteiger charge is -2.29. The summed E-state index contributed by atoms with van der Waals surface area (Å²) in [5, 5.41) is 14.3. The zero-order valence-corrected chi connectivity index (χ0v) is 22.6. The summed E-state index contributed by atoms with van der Waals surface area (Å²) in [6, 6.07) is 14.3. The molecule has 2 aromatic heterocycles. The van der Waals surface area contributed by atoms with Crippen LogP contribution in [0.15, 0.2) is 67.0 Å². The number of rotatable bonds is 7. The van der Waals surface area contributed by atoms with Gasteiger partial charge < -0.3 is 20.3 Å². The molecule has 0 aliphatic carbocycles. The number of likely N-dealkylation sites (tertiary alicyclic amines) is 2. The first-order valence-corrected chi connectivity index (χ1v) is 13.8. The number of nitrogens with zero attached hydrogens (tertiary/aromatic N) is 3. The van der Waals surface area contributed by atoms with E-state index in [-0.39, 0.29) is 36.0 Å². The van der Waals surface area contributed by atoms with Gasteiger partial charge >= 0.3 is 0 Å². The molecule has 9 nitrogen and oxygen atoms in total. The van der Waals surface area contributed by atoms with E-state index in [9.17, 15) is 24.4 Å². The lowest BCUT2D eigenvalue weighted by atomic mass is 10.0. The highest BCUT2D eigenvalue weighted by Crippen LogP contribution is 2.32. The minimum atomic E-state index is -0.794. The van der Waals surface area contributed by atoms with E-state index in [2.05, 4.69) is 5.32 Å². The minimum Gasteiger partial charge on any atom is -0.619 e. The van der Waals surface area contributed by atoms with E-state index in [1.54, 1.807) is 6.07 Å². The summed E-state index contributed by atoms with van der Waals surface area (Å²) >= 11 is 1.36. The third kappa shape index (κ3) is 5.42. The van der Waals surface area contributed by atoms with Crippen molar-refractivity contribution in [2.75, 3.05) is 13.1 Å². The van der Waals surface area contributed by atoms with Crippen molar-refractivity contribution in [1.29, 1.82) is 0 Å². The molecule has 2 aliphatic rings. The van der Waals surface area contributed by atoms with Gasteiger partial charge in [-0.2, -0.15) is 4.73 Å². The van der Waals surface area contributed by atoms with Crippen LogP contribution in [0.3, 0.4) is 0 Å². The molecular weight excluding hydrogens is 516 g/mol. The van der Waals surface area contributed by atoms with E-state index in [4.69, 9.17) is 0 Å². The zero-order chi connectivity index (χ0) is 27.7. The van der Waals surface area contributed by atoms with Gasteiger partial charge in [-0.15, -0.1) is 11.3 Å². The third-order valence-electron chi connectivity index (χ3n) is 7.21. The van der Waals surface area contributed by atoms with Crippen molar-refractivity contribution >= 4 is 34.8 Å². The number of nitrogens with one attached hydrogen (secondary N) is 1. The van der Waals surface area contributed by atoms with Crippen LogP contribution in [-0.4, -0.2) is 64.5 Å². The molecule has 3 amide bonds. The fourth-order valence-corrected chi connectivity index (χ4v) is 6.31. The number of amides is 3. The third-order valence-corrected chi connectivity index (χ3v) is 8.35. The van der Waals surface area contributed by atoms with Gasteiger partial charge in [-0.05, 0) is 36.5 Å². The molecule has 4 heterocycles. The average molecular weight is 547 g/mol. The number of hydrogen-bond acceptors (Lipinski definition) is 6. The van der Waals surface area contributed by atoms with E-state index in [1.807, 2.05) is 50.2 Å². The molecule has 2 fully saturated rings. The Morgan fingerprint density at radius 1 is 1.05 bits per heavy atom. The van der Waals surface area contributed by atoms with Gasteiger partial charge in [0.25, 0.3) is 11.8 Å². The van der Waals surface area contributed by atoms with Gasteiger partial charge in [-0.1, -0.05) is 44.2 Å². The van der Waals surface area contributed by atoms with Crippen molar-refractivity contribution in [2.45, 2.75) is 44.8 Å². The molecule has 202 valence electrons. The minimum absolute atomic E-state index is 0.0944. The molecule has 3 atom stereocenters. The summed E-state index contributed by atoms with van der Waals surface area (Å²) in [4.78, 5) is 57.6. The number of fused-ring (bicyclic) bond motifs is 1. The zero-order valence-electron chi connectivity index (χ0n) is 21.8. The molecular formula is C29H30N4O5S. The number of pyridine rings is 1. The van der Waals surface area contributed by atoms with Gasteiger partial charge in [0.1, 0.15) is 12.1 Å². The quantitative estimate of drug-likeness (QED) is 0.362. The van der Waals surface area contributed by atoms with Gasteiger partial charge in [0.05, 0.1) is 23.0 Å². The van der Waals surface area contributed by atoms with Gasteiger partial charge in [0.2, 0.25) is 5.91 Å². The van der Waals surface area contributed by atoms with Crippen LogP contribution in [0.4, 0.5) is 0 Å². The fourth-order valence-electron chi connectivity index (χ4n) is 5.40. The van der Waals surface area contributed by atoms with Crippen LogP contribution < -0.4 is 10.0 Å².